The molecule has 0 spiro atoms. The molecule has 1 aliphatic heterocycles. The molecule has 6 nitrogen and oxygen atoms in total. The normalized spacial score (nSPS) is 16.0. The van der Waals surface area contributed by atoms with Crippen molar-refractivity contribution in [1.82, 2.24) is 14.3 Å². The van der Waals surface area contributed by atoms with Crippen molar-refractivity contribution in [2.45, 2.75) is 19.3 Å². The Morgan fingerprint density at radius 1 is 1.09 bits per heavy atom. The number of nitrogens with zero attached hydrogens (tertiary/aromatic N) is 3. The molecule has 1 aliphatic rings. The molecule has 33 heavy (non-hydrogen) atoms. The van der Waals surface area contributed by atoms with Gasteiger partial charge in [-0.2, -0.15) is 0 Å². The molecule has 2 amide bonds. The van der Waals surface area contributed by atoms with E-state index in [0.29, 0.717) is 24.0 Å². The average molecular weight is 445 g/mol. The molecular formula is C26H25FN4O2. The quantitative estimate of drug-likeness (QED) is 0.426. The third-order valence-electron chi connectivity index (χ3n) is 5.94. The Kier molecular flexibility index (Phi) is 5.93. The number of imidazole rings is 1. The SMILES string of the molecule is O=C(Nc1cccc2nccn12)N1CCCC(Cc2cccc(Oc3ccc(F)cc3)c2)C1. The first-order valence-electron chi connectivity index (χ1n) is 11.1. The van der Waals surface area contributed by atoms with Crippen molar-refractivity contribution < 1.29 is 13.9 Å². The Morgan fingerprint density at radius 2 is 1.94 bits per heavy atom. The summed E-state index contributed by atoms with van der Waals surface area (Å²) in [6.07, 6.45) is 6.46. The number of aromatic nitrogens is 2. The number of carbonyl (C=O) groups excluding carboxylic acids is 1. The van der Waals surface area contributed by atoms with Gasteiger partial charge in [-0.15, -0.1) is 0 Å². The number of rotatable bonds is 5. The molecule has 0 radical (unpaired) electrons. The van der Waals surface area contributed by atoms with E-state index >= 15 is 0 Å². The number of fused-ring (bicyclic) bond motifs is 1. The molecule has 0 aliphatic carbocycles. The van der Waals surface area contributed by atoms with Crippen molar-refractivity contribution in [3.63, 3.8) is 0 Å². The largest absolute Gasteiger partial charge is 0.457 e. The van der Waals surface area contributed by atoms with E-state index in [0.717, 1.165) is 42.8 Å². The molecule has 0 saturated carbocycles. The van der Waals surface area contributed by atoms with E-state index in [2.05, 4.69) is 16.4 Å². The van der Waals surface area contributed by atoms with Gasteiger partial charge in [-0.1, -0.05) is 18.2 Å². The van der Waals surface area contributed by atoms with Gasteiger partial charge < -0.3 is 9.64 Å². The molecule has 5 rings (SSSR count). The summed E-state index contributed by atoms with van der Waals surface area (Å²) < 4.78 is 20.9. The van der Waals surface area contributed by atoms with Crippen molar-refractivity contribution in [1.29, 1.82) is 0 Å². The van der Waals surface area contributed by atoms with Gasteiger partial charge in [-0.25, -0.2) is 14.2 Å². The fraction of sp³-hybridized carbons (Fsp3) is 0.231. The van der Waals surface area contributed by atoms with Crippen molar-refractivity contribution in [2.75, 3.05) is 18.4 Å². The molecule has 1 unspecified atom stereocenters. The van der Waals surface area contributed by atoms with E-state index in [-0.39, 0.29) is 11.8 Å². The standard InChI is InChI=1S/C26H25FN4O2/c27-21-9-11-22(12-10-21)33-23-6-1-4-19(17-23)16-20-5-3-14-30(18-20)26(32)29-25-8-2-7-24-28-13-15-31(24)25/h1-2,4,6-13,15,17,20H,3,5,14,16,18H2,(H,29,32). The number of pyridine rings is 1. The molecule has 1 saturated heterocycles. The number of benzene rings is 2. The highest BCUT2D eigenvalue weighted by molar-refractivity contribution is 5.88. The predicted molar refractivity (Wildman–Crippen MR) is 125 cm³/mol. The molecule has 2 aromatic heterocycles. The summed E-state index contributed by atoms with van der Waals surface area (Å²) in [6.45, 7) is 1.45. The van der Waals surface area contributed by atoms with Crippen molar-refractivity contribution >= 4 is 17.5 Å². The van der Waals surface area contributed by atoms with Crippen LogP contribution in [0.2, 0.25) is 0 Å². The number of likely N-dealkylation sites (tertiary alicyclic amines) is 1. The van der Waals surface area contributed by atoms with Crippen LogP contribution in [0.25, 0.3) is 5.65 Å². The maximum atomic E-state index is 13.1. The number of amides is 2. The second kappa shape index (κ2) is 9.32. The van der Waals surface area contributed by atoms with Crippen LogP contribution in [0.15, 0.2) is 79.1 Å². The van der Waals surface area contributed by atoms with Crippen molar-refractivity contribution in [3.8, 4) is 11.5 Å². The summed E-state index contributed by atoms with van der Waals surface area (Å²) in [7, 11) is 0. The Hall–Kier alpha value is -3.87. The first-order valence-corrected chi connectivity index (χ1v) is 11.1. The zero-order valence-electron chi connectivity index (χ0n) is 18.2. The molecular weight excluding hydrogens is 419 g/mol. The van der Waals surface area contributed by atoms with Crippen LogP contribution in [0, 0.1) is 11.7 Å². The van der Waals surface area contributed by atoms with E-state index in [4.69, 9.17) is 4.74 Å². The summed E-state index contributed by atoms with van der Waals surface area (Å²) in [5, 5.41) is 3.03. The lowest BCUT2D eigenvalue weighted by Gasteiger charge is -2.33. The van der Waals surface area contributed by atoms with E-state index in [9.17, 15) is 9.18 Å². The van der Waals surface area contributed by atoms with Gasteiger partial charge in [0.05, 0.1) is 0 Å². The zero-order chi connectivity index (χ0) is 22.6. The second-order valence-corrected chi connectivity index (χ2v) is 8.36. The highest BCUT2D eigenvalue weighted by Gasteiger charge is 2.24. The molecule has 1 N–H and O–H groups in total. The summed E-state index contributed by atoms with van der Waals surface area (Å²) >= 11 is 0. The first kappa shape index (κ1) is 21.0. The highest BCUT2D eigenvalue weighted by Crippen LogP contribution is 2.26. The van der Waals surface area contributed by atoms with Crippen molar-refractivity contribution in [3.05, 3.63) is 90.5 Å². The Labute approximate surface area is 191 Å². The van der Waals surface area contributed by atoms with E-state index in [1.54, 1.807) is 18.3 Å². The molecule has 1 fully saturated rings. The fourth-order valence-corrected chi connectivity index (χ4v) is 4.36. The van der Waals surface area contributed by atoms with E-state index < -0.39 is 0 Å². The molecule has 4 aromatic rings. The van der Waals surface area contributed by atoms with E-state index in [1.165, 1.54) is 12.1 Å². The minimum atomic E-state index is -0.288. The van der Waals surface area contributed by atoms with Gasteiger partial charge in [-0.05, 0) is 79.3 Å². The number of hydrogen-bond acceptors (Lipinski definition) is 3. The van der Waals surface area contributed by atoms with Gasteiger partial charge >= 0.3 is 6.03 Å². The van der Waals surface area contributed by atoms with Gasteiger partial charge in [0.25, 0.3) is 0 Å². The third-order valence-corrected chi connectivity index (χ3v) is 5.94. The minimum Gasteiger partial charge on any atom is -0.457 e. The lowest BCUT2D eigenvalue weighted by molar-refractivity contribution is 0.177. The molecule has 1 atom stereocenters. The summed E-state index contributed by atoms with van der Waals surface area (Å²) in [5.74, 6) is 2.11. The van der Waals surface area contributed by atoms with Gasteiger partial charge in [0.15, 0.2) is 0 Å². The number of ether oxygens (including phenoxy) is 1. The van der Waals surface area contributed by atoms with Crippen LogP contribution in [0.4, 0.5) is 15.0 Å². The van der Waals surface area contributed by atoms with Crippen LogP contribution in [0.5, 0.6) is 11.5 Å². The fourth-order valence-electron chi connectivity index (χ4n) is 4.36. The second-order valence-electron chi connectivity index (χ2n) is 8.36. The topological polar surface area (TPSA) is 58.9 Å². The number of piperidine rings is 1. The van der Waals surface area contributed by atoms with Crippen LogP contribution in [-0.2, 0) is 6.42 Å². The number of nitrogens with one attached hydrogen (secondary N) is 1. The van der Waals surface area contributed by atoms with Crippen LogP contribution < -0.4 is 10.1 Å². The third kappa shape index (κ3) is 4.98. The summed E-state index contributed by atoms with van der Waals surface area (Å²) in [5.41, 5.74) is 1.96. The number of urea groups is 1. The monoisotopic (exact) mass is 444 g/mol. The Bertz CT molecular complexity index is 1250. The van der Waals surface area contributed by atoms with Gasteiger partial charge in [-0.3, -0.25) is 9.72 Å². The molecule has 2 aromatic carbocycles. The van der Waals surface area contributed by atoms with Crippen LogP contribution in [0.1, 0.15) is 18.4 Å². The highest BCUT2D eigenvalue weighted by atomic mass is 19.1. The Balaban J connectivity index is 1.21. The molecule has 7 heteroatoms. The molecule has 3 heterocycles. The maximum Gasteiger partial charge on any atom is 0.322 e. The first-order chi connectivity index (χ1) is 16.1. The number of anilines is 1. The maximum absolute atomic E-state index is 13.1. The smallest absolute Gasteiger partial charge is 0.322 e. The zero-order valence-corrected chi connectivity index (χ0v) is 18.2. The average Bonchev–Trinajstić information content (AvgIpc) is 3.31. The number of halogens is 1. The van der Waals surface area contributed by atoms with Crippen LogP contribution in [0.3, 0.4) is 0 Å². The number of carbonyl (C=O) groups is 1. The predicted octanol–water partition coefficient (Wildman–Crippen LogP) is 5.75. The van der Waals surface area contributed by atoms with E-state index in [1.807, 2.05) is 51.9 Å². The van der Waals surface area contributed by atoms with Crippen LogP contribution in [-0.4, -0.2) is 33.4 Å². The van der Waals surface area contributed by atoms with Crippen LogP contribution >= 0.6 is 0 Å². The lowest BCUT2D eigenvalue weighted by atomic mass is 9.91. The minimum absolute atomic E-state index is 0.0886. The number of hydrogen-bond donors (Lipinski definition) is 1. The molecule has 168 valence electrons. The Morgan fingerprint density at radius 3 is 2.82 bits per heavy atom. The van der Waals surface area contributed by atoms with Gasteiger partial charge in [0.1, 0.15) is 28.8 Å². The van der Waals surface area contributed by atoms with Gasteiger partial charge in [0, 0.05) is 25.5 Å². The molecule has 0 bridgehead atoms. The lowest BCUT2D eigenvalue weighted by Crippen LogP contribution is -2.43. The summed E-state index contributed by atoms with van der Waals surface area (Å²) in [6, 6.07) is 19.5. The van der Waals surface area contributed by atoms with Gasteiger partial charge in [0.2, 0.25) is 0 Å². The summed E-state index contributed by atoms with van der Waals surface area (Å²) in [4.78, 5) is 19.1. The van der Waals surface area contributed by atoms with Crippen molar-refractivity contribution in [2.24, 2.45) is 5.92 Å².